The number of hydrogen-bond donors (Lipinski definition) is 1. The molecular weight excluding hydrogens is 232 g/mol. The van der Waals surface area contributed by atoms with Gasteiger partial charge < -0.3 is 0 Å². The molecule has 1 aliphatic carbocycles. The number of halogens is 1. The summed E-state index contributed by atoms with van der Waals surface area (Å²) in [5.41, 5.74) is -0.0493. The quantitative estimate of drug-likeness (QED) is 0.826. The normalized spacial score (nSPS) is 18.5. The Morgan fingerprint density at radius 3 is 2.87 bits per heavy atom. The van der Waals surface area contributed by atoms with E-state index in [-0.39, 0.29) is 11.1 Å². The van der Waals surface area contributed by atoms with Crippen molar-refractivity contribution in [2.24, 2.45) is 5.41 Å². The molecule has 0 spiro atoms. The fourth-order valence-corrected chi connectivity index (χ4v) is 2.53. The van der Waals surface area contributed by atoms with Crippen LogP contribution in [0.15, 0.2) is 17.2 Å². The van der Waals surface area contributed by atoms with E-state index in [4.69, 9.17) is 11.6 Å². The van der Waals surface area contributed by atoms with Crippen LogP contribution in [0.4, 0.5) is 0 Å². The Morgan fingerprint density at radius 1 is 1.60 bits per heavy atom. The second-order valence-electron chi connectivity index (χ2n) is 4.19. The van der Waals surface area contributed by atoms with Gasteiger partial charge in [-0.3, -0.25) is 4.57 Å². The molecule has 0 bridgehead atoms. The van der Waals surface area contributed by atoms with Gasteiger partial charge in [-0.2, -0.15) is 12.6 Å². The van der Waals surface area contributed by atoms with Crippen molar-refractivity contribution in [3.8, 4) is 0 Å². The minimum absolute atomic E-state index is 0.180. The summed E-state index contributed by atoms with van der Waals surface area (Å²) in [6, 6.07) is 0. The van der Waals surface area contributed by atoms with Crippen LogP contribution in [0.1, 0.15) is 19.3 Å². The first-order valence-corrected chi connectivity index (χ1v) is 5.99. The molecule has 2 rings (SSSR count). The highest BCUT2D eigenvalue weighted by Gasteiger charge is 2.36. The van der Waals surface area contributed by atoms with Gasteiger partial charge in [-0.25, -0.2) is 9.78 Å². The summed E-state index contributed by atoms with van der Waals surface area (Å²) in [4.78, 5) is 15.2. The van der Waals surface area contributed by atoms with Crippen LogP contribution in [0.2, 0.25) is 5.02 Å². The molecule has 0 radical (unpaired) electrons. The average Bonchev–Trinajstić information content (AvgIpc) is 2.17. The molecule has 1 saturated carbocycles. The van der Waals surface area contributed by atoms with Gasteiger partial charge in [0.05, 0.1) is 11.2 Å². The fourth-order valence-electron chi connectivity index (χ4n) is 1.95. The summed E-state index contributed by atoms with van der Waals surface area (Å²) in [5.74, 6) is 0.811. The zero-order chi connectivity index (χ0) is 10.9. The summed E-state index contributed by atoms with van der Waals surface area (Å²) in [7, 11) is 0. The first-order valence-electron chi connectivity index (χ1n) is 4.98. The summed E-state index contributed by atoms with van der Waals surface area (Å²) < 4.78 is 1.59. The van der Waals surface area contributed by atoms with Crippen LogP contribution in [-0.4, -0.2) is 15.3 Å². The van der Waals surface area contributed by atoms with Gasteiger partial charge in [-0.1, -0.05) is 18.0 Å². The van der Waals surface area contributed by atoms with Crippen molar-refractivity contribution in [2.45, 2.75) is 25.8 Å². The molecular formula is C10H13ClN2OS. The van der Waals surface area contributed by atoms with Crippen molar-refractivity contribution < 1.29 is 0 Å². The monoisotopic (exact) mass is 244 g/mol. The van der Waals surface area contributed by atoms with E-state index in [0.29, 0.717) is 11.6 Å². The number of hydrogen-bond acceptors (Lipinski definition) is 3. The van der Waals surface area contributed by atoms with Gasteiger partial charge in [0.2, 0.25) is 0 Å². The van der Waals surface area contributed by atoms with E-state index in [9.17, 15) is 4.79 Å². The summed E-state index contributed by atoms with van der Waals surface area (Å²) in [6.07, 6.45) is 6.53. The van der Waals surface area contributed by atoms with Gasteiger partial charge in [0.1, 0.15) is 0 Å². The molecule has 0 N–H and O–H groups in total. The van der Waals surface area contributed by atoms with Gasteiger partial charge in [0.15, 0.2) is 0 Å². The van der Waals surface area contributed by atoms with E-state index >= 15 is 0 Å². The van der Waals surface area contributed by atoms with E-state index in [1.54, 1.807) is 10.8 Å². The van der Waals surface area contributed by atoms with Crippen LogP contribution in [0, 0.1) is 5.41 Å². The molecule has 0 aliphatic heterocycles. The first-order chi connectivity index (χ1) is 7.15. The Labute approximate surface area is 98.9 Å². The summed E-state index contributed by atoms with van der Waals surface area (Å²) in [5, 5.41) is 0.503. The lowest BCUT2D eigenvalue weighted by Gasteiger charge is -2.41. The van der Waals surface area contributed by atoms with Crippen LogP contribution >= 0.6 is 24.2 Å². The third kappa shape index (κ3) is 2.21. The molecule has 1 aromatic rings. The highest BCUT2D eigenvalue weighted by atomic mass is 35.5. The van der Waals surface area contributed by atoms with Crippen LogP contribution in [0.5, 0.6) is 0 Å². The molecule has 15 heavy (non-hydrogen) atoms. The van der Waals surface area contributed by atoms with Gasteiger partial charge in [0.25, 0.3) is 0 Å². The highest BCUT2D eigenvalue weighted by Crippen LogP contribution is 2.42. The third-order valence-corrected chi connectivity index (χ3v) is 3.94. The number of aromatic nitrogens is 2. The number of thiol groups is 1. The van der Waals surface area contributed by atoms with Gasteiger partial charge in [-0.15, -0.1) is 0 Å². The molecule has 1 aliphatic rings. The summed E-state index contributed by atoms with van der Waals surface area (Å²) >= 11 is 10.2. The molecule has 1 heterocycles. The van der Waals surface area contributed by atoms with Crippen LogP contribution in [-0.2, 0) is 6.54 Å². The molecule has 0 aromatic carbocycles. The SMILES string of the molecule is O=c1ncc(Cl)cn1CC1(CS)CCC1. The Balaban J connectivity index is 2.23. The molecule has 3 nitrogen and oxygen atoms in total. The molecule has 0 unspecified atom stereocenters. The van der Waals surface area contributed by atoms with E-state index in [2.05, 4.69) is 17.6 Å². The maximum atomic E-state index is 11.5. The van der Waals surface area contributed by atoms with Crippen molar-refractivity contribution in [2.75, 3.05) is 5.75 Å². The van der Waals surface area contributed by atoms with Crippen molar-refractivity contribution in [3.05, 3.63) is 27.9 Å². The standard InChI is InChI=1S/C10H13ClN2OS/c11-8-4-12-9(14)13(5-8)6-10(7-15)2-1-3-10/h4-5,15H,1-3,6-7H2. The molecule has 1 fully saturated rings. The lowest BCUT2D eigenvalue weighted by molar-refractivity contribution is 0.136. The Bertz CT molecular complexity index is 409. The number of nitrogens with zero attached hydrogens (tertiary/aromatic N) is 2. The maximum absolute atomic E-state index is 11.5. The molecule has 0 amide bonds. The average molecular weight is 245 g/mol. The topological polar surface area (TPSA) is 34.9 Å². The van der Waals surface area contributed by atoms with Gasteiger partial charge in [-0.05, 0) is 24.0 Å². The Kier molecular flexibility index (Phi) is 3.07. The molecule has 5 heteroatoms. The number of rotatable bonds is 3. The minimum Gasteiger partial charge on any atom is -0.297 e. The first kappa shape index (κ1) is 11.0. The van der Waals surface area contributed by atoms with Crippen molar-refractivity contribution >= 4 is 24.2 Å². The van der Waals surface area contributed by atoms with Gasteiger partial charge >= 0.3 is 5.69 Å². The maximum Gasteiger partial charge on any atom is 0.347 e. The van der Waals surface area contributed by atoms with Crippen molar-refractivity contribution in [3.63, 3.8) is 0 Å². The van der Waals surface area contributed by atoms with Crippen LogP contribution < -0.4 is 5.69 Å². The predicted octanol–water partition coefficient (Wildman–Crippen LogP) is 2.00. The lowest BCUT2D eigenvalue weighted by atomic mass is 9.70. The largest absolute Gasteiger partial charge is 0.347 e. The molecule has 1 aromatic heterocycles. The molecule has 0 saturated heterocycles. The second kappa shape index (κ2) is 4.18. The zero-order valence-corrected chi connectivity index (χ0v) is 9.97. The van der Waals surface area contributed by atoms with E-state index in [1.807, 2.05) is 0 Å². The van der Waals surface area contributed by atoms with E-state index < -0.39 is 0 Å². The zero-order valence-electron chi connectivity index (χ0n) is 8.32. The van der Waals surface area contributed by atoms with Crippen molar-refractivity contribution in [1.82, 2.24) is 9.55 Å². The minimum atomic E-state index is -0.229. The predicted molar refractivity (Wildman–Crippen MR) is 63.6 cm³/mol. The highest BCUT2D eigenvalue weighted by molar-refractivity contribution is 7.80. The molecule has 82 valence electrons. The third-order valence-electron chi connectivity index (χ3n) is 3.08. The van der Waals surface area contributed by atoms with Crippen LogP contribution in [0.3, 0.4) is 0 Å². The van der Waals surface area contributed by atoms with Crippen LogP contribution in [0.25, 0.3) is 0 Å². The van der Waals surface area contributed by atoms with Crippen molar-refractivity contribution in [1.29, 1.82) is 0 Å². The van der Waals surface area contributed by atoms with E-state index in [1.165, 1.54) is 12.6 Å². The summed E-state index contributed by atoms with van der Waals surface area (Å²) in [6.45, 7) is 0.683. The molecule has 0 atom stereocenters. The Morgan fingerprint density at radius 2 is 2.33 bits per heavy atom. The van der Waals surface area contributed by atoms with E-state index in [0.717, 1.165) is 18.6 Å². The van der Waals surface area contributed by atoms with Gasteiger partial charge in [0, 0.05) is 12.7 Å². The lowest BCUT2D eigenvalue weighted by Crippen LogP contribution is -2.39. The fraction of sp³-hybridized carbons (Fsp3) is 0.600. The Hall–Kier alpha value is -0.480. The smallest absolute Gasteiger partial charge is 0.297 e. The second-order valence-corrected chi connectivity index (χ2v) is 4.95.